The fourth-order valence-electron chi connectivity index (χ4n) is 0.911. The molecule has 72 valence electrons. The second-order valence-corrected chi connectivity index (χ2v) is 3.87. The van der Waals surface area contributed by atoms with Gasteiger partial charge in [0.05, 0.1) is 5.56 Å². The maximum Gasteiger partial charge on any atom is 0.338 e. The maximum absolute atomic E-state index is 11.4. The van der Waals surface area contributed by atoms with E-state index in [1.807, 2.05) is 39.0 Å². The summed E-state index contributed by atoms with van der Waals surface area (Å²) in [5.74, 6) is -0.270. The Labute approximate surface area is 115 Å². The molecule has 1 aromatic rings. The van der Waals surface area contributed by atoms with Crippen LogP contribution in [-0.2, 0) is 4.74 Å². The molecule has 1 aromatic carbocycles. The molecule has 2 nitrogen and oxygen atoms in total. The molecular weight excluding hydrogens is 204 g/mol. The average molecular weight is 218 g/mol. The van der Waals surface area contributed by atoms with E-state index in [1.54, 1.807) is 12.1 Å². The molecule has 0 spiro atoms. The van der Waals surface area contributed by atoms with Gasteiger partial charge in [0.15, 0.2) is 0 Å². The third-order valence-electron chi connectivity index (χ3n) is 1.41. The van der Waals surface area contributed by atoms with E-state index in [1.165, 1.54) is 0 Å². The first-order valence-electron chi connectivity index (χ1n) is 4.27. The van der Waals surface area contributed by atoms with E-state index in [9.17, 15) is 4.79 Å². The van der Waals surface area contributed by atoms with E-state index in [4.69, 9.17) is 4.74 Å². The van der Waals surface area contributed by atoms with E-state index in [0.717, 1.165) is 0 Å². The summed E-state index contributed by atoms with van der Waals surface area (Å²) in [6.07, 6.45) is 0. The number of carbonyl (C=O) groups is 1. The molecule has 0 saturated carbocycles. The first kappa shape index (κ1) is 13.9. The predicted molar refractivity (Wildman–Crippen MR) is 57.4 cm³/mol. The predicted octanol–water partition coefficient (Wildman–Crippen LogP) is 2.26. The molecule has 0 aliphatic rings. The third-order valence-corrected chi connectivity index (χ3v) is 1.41. The first-order chi connectivity index (χ1) is 5.99. The van der Waals surface area contributed by atoms with Crippen LogP contribution < -0.4 is 0 Å². The van der Waals surface area contributed by atoms with Gasteiger partial charge >= 0.3 is 5.97 Å². The Morgan fingerprint density at radius 2 is 1.64 bits per heavy atom. The van der Waals surface area contributed by atoms with Crippen LogP contribution in [0.3, 0.4) is 0 Å². The van der Waals surface area contributed by atoms with Gasteiger partial charge in [-0.15, -0.1) is 0 Å². The van der Waals surface area contributed by atoms with Gasteiger partial charge in [-0.05, 0) is 32.9 Å². The van der Waals surface area contributed by atoms with Crippen molar-refractivity contribution in [3.63, 3.8) is 0 Å². The molecule has 0 unspecified atom stereocenters. The average Bonchev–Trinajstić information content (AvgIpc) is 2.03. The van der Waals surface area contributed by atoms with Crippen LogP contribution in [0.2, 0.25) is 0 Å². The summed E-state index contributed by atoms with van der Waals surface area (Å²) in [5.41, 5.74) is 0.171. The molecule has 0 aliphatic carbocycles. The molecule has 14 heavy (non-hydrogen) atoms. The molecule has 0 aromatic heterocycles. The Morgan fingerprint density at radius 1 is 1.14 bits per heavy atom. The number of hydrogen-bond acceptors (Lipinski definition) is 2. The summed E-state index contributed by atoms with van der Waals surface area (Å²) >= 11 is 0. The molecule has 0 amide bonds. The van der Waals surface area contributed by atoms with E-state index in [-0.39, 0.29) is 43.7 Å². The Hall–Kier alpha value is -0.0503. The number of rotatable bonds is 1. The third kappa shape index (κ3) is 4.99. The van der Waals surface area contributed by atoms with Gasteiger partial charge in [0.1, 0.15) is 5.60 Å². The second-order valence-electron chi connectivity index (χ2n) is 3.87. The van der Waals surface area contributed by atoms with Crippen molar-refractivity contribution in [2.45, 2.75) is 26.4 Å². The van der Waals surface area contributed by atoms with Gasteiger partial charge in [0, 0.05) is 37.7 Å². The zero-order valence-corrected chi connectivity index (χ0v) is 11.1. The molecule has 0 aliphatic heterocycles. The molecule has 3 heteroatoms. The topological polar surface area (TPSA) is 26.3 Å². The minimum Gasteiger partial charge on any atom is -0.456 e. The van der Waals surface area contributed by atoms with Crippen molar-refractivity contribution in [1.82, 2.24) is 0 Å². The van der Waals surface area contributed by atoms with Crippen molar-refractivity contribution in [3.05, 3.63) is 35.9 Å². The number of benzene rings is 1. The number of carbonyl (C=O) groups excluding carboxylic acids is 1. The first-order valence-corrected chi connectivity index (χ1v) is 4.27. The Bertz CT molecular complexity index is 288. The Morgan fingerprint density at radius 3 is 2.07 bits per heavy atom. The van der Waals surface area contributed by atoms with Crippen LogP contribution in [0.25, 0.3) is 0 Å². The quantitative estimate of drug-likeness (QED) is 0.534. The monoisotopic (exact) mass is 218 g/mol. The van der Waals surface area contributed by atoms with E-state index >= 15 is 0 Å². The van der Waals surface area contributed by atoms with Crippen LogP contribution in [0.15, 0.2) is 30.3 Å². The van der Waals surface area contributed by atoms with E-state index in [0.29, 0.717) is 5.56 Å². The minimum absolute atomic E-state index is 0. The molecule has 0 fully saturated rings. The maximum atomic E-state index is 11.4. The van der Waals surface area contributed by atoms with Crippen molar-refractivity contribution < 1.29 is 9.53 Å². The molecular formula is C11H14CaO2. The molecule has 0 saturated heterocycles. The van der Waals surface area contributed by atoms with Crippen LogP contribution in [0.5, 0.6) is 0 Å². The van der Waals surface area contributed by atoms with Gasteiger partial charge in [-0.25, -0.2) is 4.79 Å². The number of esters is 1. The molecule has 1 rings (SSSR count). The SMILES string of the molecule is CC(C)(C)OC(=O)c1ccccc1.[Ca]. The Kier molecular flexibility index (Phi) is 5.72. The molecule has 0 atom stereocenters. The van der Waals surface area contributed by atoms with Gasteiger partial charge in [0.25, 0.3) is 0 Å². The smallest absolute Gasteiger partial charge is 0.338 e. The van der Waals surface area contributed by atoms with E-state index < -0.39 is 5.60 Å². The van der Waals surface area contributed by atoms with Crippen molar-refractivity contribution >= 4 is 43.7 Å². The van der Waals surface area contributed by atoms with Gasteiger partial charge in [0.2, 0.25) is 0 Å². The zero-order chi connectivity index (χ0) is 9.90. The van der Waals surface area contributed by atoms with Crippen molar-refractivity contribution in [2.24, 2.45) is 0 Å². The summed E-state index contributed by atoms with van der Waals surface area (Å²) in [6.45, 7) is 5.56. The molecule has 0 N–H and O–H groups in total. The van der Waals surface area contributed by atoms with Crippen molar-refractivity contribution in [3.8, 4) is 0 Å². The summed E-state index contributed by atoms with van der Waals surface area (Å²) < 4.78 is 5.18. The Balaban J connectivity index is 0.00000169. The van der Waals surface area contributed by atoms with Crippen LogP contribution >= 0.6 is 0 Å². The normalized spacial score (nSPS) is 10.2. The number of hydrogen-bond donors (Lipinski definition) is 0. The van der Waals surface area contributed by atoms with Gasteiger partial charge < -0.3 is 4.74 Å². The number of ether oxygens (including phenoxy) is 1. The summed E-state index contributed by atoms with van der Waals surface area (Å²) in [7, 11) is 0. The van der Waals surface area contributed by atoms with Crippen LogP contribution in [-0.4, -0.2) is 49.3 Å². The molecule has 2 radical (unpaired) electrons. The zero-order valence-electron chi connectivity index (χ0n) is 8.91. The van der Waals surface area contributed by atoms with Gasteiger partial charge in [-0.2, -0.15) is 0 Å². The van der Waals surface area contributed by atoms with Crippen molar-refractivity contribution in [1.29, 1.82) is 0 Å². The second kappa shape index (κ2) is 5.74. The summed E-state index contributed by atoms with van der Waals surface area (Å²) in [4.78, 5) is 11.4. The summed E-state index contributed by atoms with van der Waals surface area (Å²) in [5, 5.41) is 0. The van der Waals surface area contributed by atoms with Crippen molar-refractivity contribution in [2.75, 3.05) is 0 Å². The largest absolute Gasteiger partial charge is 0.456 e. The molecule has 0 bridgehead atoms. The molecule has 0 heterocycles. The van der Waals surface area contributed by atoms with Crippen LogP contribution in [0, 0.1) is 0 Å². The van der Waals surface area contributed by atoms with E-state index in [2.05, 4.69) is 0 Å². The van der Waals surface area contributed by atoms with Crippen LogP contribution in [0.1, 0.15) is 31.1 Å². The minimum atomic E-state index is -0.424. The fraction of sp³-hybridized carbons (Fsp3) is 0.364. The standard InChI is InChI=1S/C11H14O2.Ca/c1-11(2,3)13-10(12)9-7-5-4-6-8-9;/h4-8H,1-3H3;. The van der Waals surface area contributed by atoms with Gasteiger partial charge in [-0.1, -0.05) is 18.2 Å². The summed E-state index contributed by atoms with van der Waals surface area (Å²) in [6, 6.07) is 8.99. The van der Waals surface area contributed by atoms with Gasteiger partial charge in [-0.3, -0.25) is 0 Å². The fourth-order valence-corrected chi connectivity index (χ4v) is 0.911. The van der Waals surface area contributed by atoms with Crippen LogP contribution in [0.4, 0.5) is 0 Å².